The number of benzene rings is 2. The molecule has 1 heterocycles. The Morgan fingerprint density at radius 2 is 1.34 bits per heavy atom. The zero-order valence-electron chi connectivity index (χ0n) is 15.5. The average molecular weight is 420 g/mol. The second kappa shape index (κ2) is 9.89. The van der Waals surface area contributed by atoms with Crippen LogP contribution in [-0.4, -0.2) is 19.5 Å². The van der Waals surface area contributed by atoms with Crippen LogP contribution in [0.15, 0.2) is 24.3 Å². The molecule has 0 aliphatic carbocycles. The van der Waals surface area contributed by atoms with Crippen molar-refractivity contribution in [3.63, 3.8) is 0 Å². The predicted octanol–water partition coefficient (Wildman–Crippen LogP) is 5.85. The third-order valence-electron chi connectivity index (χ3n) is 4.05. The van der Waals surface area contributed by atoms with Gasteiger partial charge in [-0.1, -0.05) is 0 Å². The van der Waals surface area contributed by atoms with Gasteiger partial charge in [-0.25, -0.2) is 26.3 Å². The van der Waals surface area contributed by atoms with Crippen LogP contribution in [0.4, 0.5) is 26.3 Å². The summed E-state index contributed by atoms with van der Waals surface area (Å²) >= 11 is 0. The van der Waals surface area contributed by atoms with Crippen LogP contribution in [0.2, 0.25) is 0 Å². The molecule has 0 bridgehead atoms. The van der Waals surface area contributed by atoms with Crippen molar-refractivity contribution in [1.82, 2.24) is 0 Å². The summed E-state index contributed by atoms with van der Waals surface area (Å²) < 4.78 is 88.2. The fourth-order valence-electron chi connectivity index (χ4n) is 2.88. The van der Waals surface area contributed by atoms with Gasteiger partial charge in [0.15, 0.2) is 12.6 Å². The molecule has 3 nitrogen and oxygen atoms in total. The van der Waals surface area contributed by atoms with Gasteiger partial charge in [0.25, 0.3) is 0 Å². The molecule has 0 aromatic heterocycles. The van der Waals surface area contributed by atoms with E-state index in [2.05, 4.69) is 0 Å². The number of hydrogen-bond donors (Lipinski definition) is 0. The van der Waals surface area contributed by atoms with Crippen molar-refractivity contribution < 1.29 is 40.6 Å². The summed E-state index contributed by atoms with van der Waals surface area (Å²) in [6.07, 6.45) is -3.81. The monoisotopic (exact) mass is 420 g/mol. The second-order valence-electron chi connectivity index (χ2n) is 6.20. The first-order valence-electron chi connectivity index (χ1n) is 8.60. The van der Waals surface area contributed by atoms with Gasteiger partial charge in [0.05, 0.1) is 13.2 Å². The van der Waals surface area contributed by atoms with Crippen LogP contribution < -0.4 is 0 Å². The van der Waals surface area contributed by atoms with E-state index in [-0.39, 0.29) is 23.0 Å². The van der Waals surface area contributed by atoms with Gasteiger partial charge in [0.1, 0.15) is 35.6 Å². The molecule has 1 saturated heterocycles. The van der Waals surface area contributed by atoms with E-state index in [1.807, 2.05) is 0 Å². The number of carbonyl (C=O) groups is 1. The Bertz CT molecular complexity index is 864. The molecule has 2 aromatic rings. The van der Waals surface area contributed by atoms with E-state index < -0.39 is 47.5 Å². The maximum atomic E-state index is 13.4. The van der Waals surface area contributed by atoms with E-state index in [1.54, 1.807) is 0 Å². The minimum Gasteiger partial charge on any atom is -0.346 e. The van der Waals surface area contributed by atoms with Crippen molar-refractivity contribution in [3.8, 4) is 0 Å². The number of hydrogen-bond acceptors (Lipinski definition) is 3. The molecule has 2 aromatic carbocycles. The molecule has 158 valence electrons. The number of halogens is 6. The summed E-state index contributed by atoms with van der Waals surface area (Å²) in [5, 5.41) is 0. The topological polar surface area (TPSA) is 35.5 Å². The maximum Gasteiger partial charge on any atom is 0.184 e. The summed E-state index contributed by atoms with van der Waals surface area (Å²) in [5.41, 5.74) is -0.790. The van der Waals surface area contributed by atoms with Crippen molar-refractivity contribution in [2.24, 2.45) is 0 Å². The molecule has 0 saturated carbocycles. The molecule has 0 N–H and O–H groups in total. The first kappa shape index (κ1) is 22.9. The molecule has 0 spiro atoms. The summed E-state index contributed by atoms with van der Waals surface area (Å²) in [6.45, 7) is 2.95. The van der Waals surface area contributed by atoms with Crippen molar-refractivity contribution in [2.45, 2.75) is 32.5 Å². The molecule has 3 rings (SSSR count). The third kappa shape index (κ3) is 5.57. The molecule has 9 heteroatoms. The lowest BCUT2D eigenvalue weighted by atomic mass is 10.0. The third-order valence-corrected chi connectivity index (χ3v) is 4.05. The Morgan fingerprint density at radius 3 is 1.83 bits per heavy atom. The molecule has 1 fully saturated rings. The number of carbonyl (C=O) groups excluding carboxylic acids is 1. The Balaban J connectivity index is 0.000000212. The predicted molar refractivity (Wildman–Crippen MR) is 91.8 cm³/mol. The first-order chi connectivity index (χ1) is 13.6. The molecule has 2 atom stereocenters. The normalized spacial score (nSPS) is 16.1. The van der Waals surface area contributed by atoms with E-state index in [4.69, 9.17) is 9.47 Å². The van der Waals surface area contributed by atoms with Gasteiger partial charge in [-0.2, -0.15) is 0 Å². The van der Waals surface area contributed by atoms with Crippen LogP contribution in [0, 0.1) is 23.3 Å². The van der Waals surface area contributed by atoms with Gasteiger partial charge < -0.3 is 9.47 Å². The van der Waals surface area contributed by atoms with Crippen LogP contribution in [0.1, 0.15) is 59.5 Å². The zero-order chi connectivity index (χ0) is 21.7. The highest BCUT2D eigenvalue weighted by Crippen LogP contribution is 2.33. The first-order valence-corrected chi connectivity index (χ1v) is 8.60. The minimum atomic E-state index is -1.62. The summed E-state index contributed by atoms with van der Waals surface area (Å²) in [6, 6.07) is 3.06. The lowest BCUT2D eigenvalue weighted by Gasteiger charge is -2.16. The summed E-state index contributed by atoms with van der Waals surface area (Å²) in [5.74, 6) is -3.60. The highest BCUT2D eigenvalue weighted by molar-refractivity contribution is 5.77. The molecule has 0 radical (unpaired) electrons. The van der Waals surface area contributed by atoms with E-state index in [0.717, 1.165) is 19.1 Å². The fraction of sp³-hybridized carbons (Fsp3) is 0.350. The second-order valence-corrected chi connectivity index (χ2v) is 6.20. The van der Waals surface area contributed by atoms with Crippen LogP contribution in [0.3, 0.4) is 0 Å². The van der Waals surface area contributed by atoms with Crippen molar-refractivity contribution in [1.29, 1.82) is 0 Å². The Morgan fingerprint density at radius 1 is 0.862 bits per heavy atom. The van der Waals surface area contributed by atoms with E-state index >= 15 is 0 Å². The number of alkyl halides is 2. The summed E-state index contributed by atoms with van der Waals surface area (Å²) in [7, 11) is 0. The van der Waals surface area contributed by atoms with Crippen molar-refractivity contribution in [3.05, 3.63) is 69.8 Å². The zero-order valence-corrected chi connectivity index (χ0v) is 15.5. The SMILES string of the molecule is CC(F)c1c(F)cc(F)cc1C1OCCO1.CC(F)c1c(F)cc(F)cc1C=O. The largest absolute Gasteiger partial charge is 0.346 e. The van der Waals surface area contributed by atoms with Gasteiger partial charge in [-0.3, -0.25) is 4.79 Å². The lowest BCUT2D eigenvalue weighted by Crippen LogP contribution is -2.07. The standard InChI is InChI=1S/C11H11F3O2.C9H7F3O/c1-6(12)10-8(11-15-2-3-16-11)4-7(13)5-9(10)14;1-5(10)9-6(4-13)2-7(11)3-8(9)12/h4-6,11H,2-3H2,1H3;2-5H,1H3. The molecule has 29 heavy (non-hydrogen) atoms. The molecular formula is C20H18F6O3. The Labute approximate surface area is 163 Å². The smallest absolute Gasteiger partial charge is 0.184 e. The average Bonchev–Trinajstić information content (AvgIpc) is 3.14. The molecule has 2 unspecified atom stereocenters. The molecular weight excluding hydrogens is 402 g/mol. The lowest BCUT2D eigenvalue weighted by molar-refractivity contribution is -0.0458. The van der Waals surface area contributed by atoms with Crippen LogP contribution in [0.5, 0.6) is 0 Å². The maximum absolute atomic E-state index is 13.4. The van der Waals surface area contributed by atoms with Crippen molar-refractivity contribution >= 4 is 6.29 Å². The fourth-order valence-corrected chi connectivity index (χ4v) is 2.88. The van der Waals surface area contributed by atoms with Crippen LogP contribution >= 0.6 is 0 Å². The van der Waals surface area contributed by atoms with E-state index in [0.29, 0.717) is 25.3 Å². The molecule has 0 amide bonds. The minimum absolute atomic E-state index is 0.0880. The number of rotatable bonds is 4. The number of aldehydes is 1. The Kier molecular flexibility index (Phi) is 7.80. The van der Waals surface area contributed by atoms with Gasteiger partial charge in [0.2, 0.25) is 0 Å². The van der Waals surface area contributed by atoms with E-state index in [9.17, 15) is 31.1 Å². The number of ether oxygens (including phenoxy) is 2. The van der Waals surface area contributed by atoms with Crippen LogP contribution in [0.25, 0.3) is 0 Å². The van der Waals surface area contributed by atoms with Gasteiger partial charge in [-0.05, 0) is 26.0 Å². The Hall–Kier alpha value is -2.39. The highest BCUT2D eigenvalue weighted by Gasteiger charge is 2.27. The van der Waals surface area contributed by atoms with Gasteiger partial charge in [-0.15, -0.1) is 0 Å². The molecule has 1 aliphatic heterocycles. The quantitative estimate of drug-likeness (QED) is 0.460. The summed E-state index contributed by atoms with van der Waals surface area (Å²) in [4.78, 5) is 10.3. The van der Waals surface area contributed by atoms with Gasteiger partial charge in [0, 0.05) is 34.4 Å². The van der Waals surface area contributed by atoms with Gasteiger partial charge >= 0.3 is 0 Å². The highest BCUT2D eigenvalue weighted by atomic mass is 19.2. The van der Waals surface area contributed by atoms with Crippen LogP contribution in [-0.2, 0) is 9.47 Å². The van der Waals surface area contributed by atoms with Crippen molar-refractivity contribution in [2.75, 3.05) is 13.2 Å². The van der Waals surface area contributed by atoms with E-state index in [1.165, 1.54) is 6.92 Å². The molecule has 1 aliphatic rings.